The van der Waals surface area contributed by atoms with E-state index in [9.17, 15) is 5.11 Å². The average molecular weight is 329 g/mol. The van der Waals surface area contributed by atoms with Crippen molar-refractivity contribution in [2.24, 2.45) is 17.8 Å². The van der Waals surface area contributed by atoms with Gasteiger partial charge < -0.3 is 19.5 Å². The van der Waals surface area contributed by atoms with Gasteiger partial charge in [0.25, 0.3) is 0 Å². The molecular formula is C19H38NO3+. The number of morpholine rings is 1. The minimum atomic E-state index is -0.368. The molecule has 0 aromatic heterocycles. The van der Waals surface area contributed by atoms with E-state index < -0.39 is 0 Å². The summed E-state index contributed by atoms with van der Waals surface area (Å²) in [6, 6.07) is 0. The maximum absolute atomic E-state index is 10.4. The maximum atomic E-state index is 10.4. The highest BCUT2D eigenvalue weighted by atomic mass is 16.5. The molecule has 2 N–H and O–H groups in total. The van der Waals surface area contributed by atoms with Crippen LogP contribution in [0.25, 0.3) is 0 Å². The molecule has 0 aromatic rings. The lowest BCUT2D eigenvalue weighted by molar-refractivity contribution is -0.918. The van der Waals surface area contributed by atoms with Gasteiger partial charge in [0, 0.05) is 0 Å². The van der Waals surface area contributed by atoms with Crippen LogP contribution in [-0.4, -0.2) is 55.8 Å². The molecule has 4 heteroatoms. The van der Waals surface area contributed by atoms with Crippen LogP contribution in [0.1, 0.15) is 53.9 Å². The van der Waals surface area contributed by atoms with Gasteiger partial charge in [0.15, 0.2) is 0 Å². The third-order valence-electron chi connectivity index (χ3n) is 5.61. The predicted octanol–water partition coefficient (Wildman–Crippen LogP) is 1.52. The van der Waals surface area contributed by atoms with Crippen LogP contribution in [0.15, 0.2) is 0 Å². The molecule has 1 saturated heterocycles. The van der Waals surface area contributed by atoms with Crippen LogP contribution >= 0.6 is 0 Å². The van der Waals surface area contributed by atoms with Crippen molar-refractivity contribution in [3.05, 3.63) is 0 Å². The molecule has 23 heavy (non-hydrogen) atoms. The number of aliphatic hydroxyl groups excluding tert-OH is 1. The molecule has 1 heterocycles. The summed E-state index contributed by atoms with van der Waals surface area (Å²) < 4.78 is 12.0. The Bertz CT molecular complexity index is 340. The molecule has 1 unspecified atom stereocenters. The normalized spacial score (nSPS) is 40.3. The lowest BCUT2D eigenvalue weighted by Gasteiger charge is -2.38. The largest absolute Gasteiger partial charge is 0.385 e. The third kappa shape index (κ3) is 6.00. The van der Waals surface area contributed by atoms with Crippen LogP contribution in [0, 0.1) is 17.8 Å². The van der Waals surface area contributed by atoms with Gasteiger partial charge in [-0.25, -0.2) is 0 Å². The summed E-state index contributed by atoms with van der Waals surface area (Å²) in [5.41, 5.74) is 0. The van der Waals surface area contributed by atoms with Crippen LogP contribution in [0.3, 0.4) is 0 Å². The Morgan fingerprint density at radius 3 is 2.39 bits per heavy atom. The lowest BCUT2D eigenvalue weighted by atomic mass is 9.75. The Morgan fingerprint density at radius 2 is 1.78 bits per heavy atom. The second-order valence-corrected chi connectivity index (χ2v) is 8.47. The second kappa shape index (κ2) is 8.80. The summed E-state index contributed by atoms with van der Waals surface area (Å²) in [7, 11) is 0. The first-order valence-electron chi connectivity index (χ1n) is 9.63. The van der Waals surface area contributed by atoms with Crippen molar-refractivity contribution in [3.63, 3.8) is 0 Å². The summed E-state index contributed by atoms with van der Waals surface area (Å²) in [6.45, 7) is 14.4. The standard InChI is InChI=1S/C19H37NO3/c1-13(2)18-7-6-14(3)8-19(18)22-12-17(21)11-20-9-15(4)23-16(5)10-20/h13-19,21H,6-12H2,1-5H3/p+1/t14-,15-,16+,17+,18+,19+/m0/s1. The van der Waals surface area contributed by atoms with Crippen molar-refractivity contribution in [1.29, 1.82) is 0 Å². The summed E-state index contributed by atoms with van der Waals surface area (Å²) in [5.74, 6) is 2.06. The number of aliphatic hydroxyl groups is 1. The molecule has 4 nitrogen and oxygen atoms in total. The SMILES string of the molecule is CC(C)[C@H]1CC[C@H](C)C[C@H]1OC[C@H](O)C[NH+]1C[C@@H](C)O[C@@H](C)C1. The van der Waals surface area contributed by atoms with Crippen molar-refractivity contribution < 1.29 is 19.5 Å². The van der Waals surface area contributed by atoms with E-state index in [1.54, 1.807) is 0 Å². The highest BCUT2D eigenvalue weighted by Crippen LogP contribution is 2.35. The molecule has 2 rings (SSSR count). The molecule has 2 fully saturated rings. The molecular weight excluding hydrogens is 290 g/mol. The van der Waals surface area contributed by atoms with E-state index in [-0.39, 0.29) is 18.3 Å². The third-order valence-corrected chi connectivity index (χ3v) is 5.61. The second-order valence-electron chi connectivity index (χ2n) is 8.47. The molecule has 136 valence electrons. The predicted molar refractivity (Wildman–Crippen MR) is 92.7 cm³/mol. The van der Waals surface area contributed by atoms with E-state index in [0.717, 1.165) is 32.0 Å². The molecule has 0 bridgehead atoms. The Balaban J connectivity index is 1.77. The first kappa shape index (κ1) is 19.2. The summed E-state index contributed by atoms with van der Waals surface area (Å²) >= 11 is 0. The number of ether oxygens (including phenoxy) is 2. The fourth-order valence-electron chi connectivity index (χ4n) is 4.49. The highest BCUT2D eigenvalue weighted by Gasteiger charge is 2.32. The fraction of sp³-hybridized carbons (Fsp3) is 1.00. The van der Waals surface area contributed by atoms with Gasteiger partial charge in [-0.1, -0.05) is 27.2 Å². The number of nitrogens with one attached hydrogen (secondary N) is 1. The van der Waals surface area contributed by atoms with Crippen LogP contribution in [0.5, 0.6) is 0 Å². The van der Waals surface area contributed by atoms with E-state index >= 15 is 0 Å². The zero-order valence-electron chi connectivity index (χ0n) is 15.8. The molecule has 0 radical (unpaired) electrons. The summed E-state index contributed by atoms with van der Waals surface area (Å²) in [5, 5.41) is 10.4. The van der Waals surface area contributed by atoms with Crippen LogP contribution in [-0.2, 0) is 9.47 Å². The van der Waals surface area contributed by atoms with Gasteiger partial charge in [0.1, 0.15) is 37.9 Å². The minimum absolute atomic E-state index is 0.284. The van der Waals surface area contributed by atoms with Gasteiger partial charge in [-0.3, -0.25) is 0 Å². The summed E-state index contributed by atoms with van der Waals surface area (Å²) in [6.07, 6.45) is 4.26. The van der Waals surface area contributed by atoms with Crippen LogP contribution in [0.4, 0.5) is 0 Å². The van der Waals surface area contributed by atoms with E-state index in [4.69, 9.17) is 9.47 Å². The lowest BCUT2D eigenvalue weighted by Crippen LogP contribution is -3.16. The van der Waals surface area contributed by atoms with Gasteiger partial charge in [0.05, 0.1) is 12.7 Å². The van der Waals surface area contributed by atoms with Crippen molar-refractivity contribution in [2.45, 2.75) is 78.3 Å². The smallest absolute Gasteiger partial charge is 0.126 e. The Morgan fingerprint density at radius 1 is 1.13 bits per heavy atom. The topological polar surface area (TPSA) is 43.1 Å². The number of quaternary nitrogens is 1. The van der Waals surface area contributed by atoms with Crippen molar-refractivity contribution in [1.82, 2.24) is 0 Å². The monoisotopic (exact) mass is 328 g/mol. The van der Waals surface area contributed by atoms with Crippen molar-refractivity contribution in [2.75, 3.05) is 26.2 Å². The molecule has 2 aliphatic rings. The van der Waals surface area contributed by atoms with E-state index in [1.165, 1.54) is 17.7 Å². The van der Waals surface area contributed by atoms with E-state index in [0.29, 0.717) is 24.5 Å². The van der Waals surface area contributed by atoms with Gasteiger partial charge >= 0.3 is 0 Å². The number of hydrogen-bond donors (Lipinski definition) is 2. The number of rotatable bonds is 6. The van der Waals surface area contributed by atoms with Gasteiger partial charge in [0.2, 0.25) is 0 Å². The molecule has 1 saturated carbocycles. The van der Waals surface area contributed by atoms with Gasteiger partial charge in [-0.2, -0.15) is 0 Å². The highest BCUT2D eigenvalue weighted by molar-refractivity contribution is 4.81. The van der Waals surface area contributed by atoms with Crippen LogP contribution in [0.2, 0.25) is 0 Å². The van der Waals surface area contributed by atoms with Crippen molar-refractivity contribution >= 4 is 0 Å². The quantitative estimate of drug-likeness (QED) is 0.777. The average Bonchev–Trinajstić information content (AvgIpc) is 2.43. The minimum Gasteiger partial charge on any atom is -0.385 e. The first-order valence-corrected chi connectivity index (χ1v) is 9.63. The van der Waals surface area contributed by atoms with Crippen LogP contribution < -0.4 is 4.90 Å². The Labute approximate surface area is 142 Å². The molecule has 0 amide bonds. The van der Waals surface area contributed by atoms with Crippen molar-refractivity contribution in [3.8, 4) is 0 Å². The zero-order chi connectivity index (χ0) is 17.0. The zero-order valence-corrected chi connectivity index (χ0v) is 15.8. The molecule has 7 atom stereocenters. The number of hydrogen-bond acceptors (Lipinski definition) is 3. The fourth-order valence-corrected chi connectivity index (χ4v) is 4.49. The summed E-state index contributed by atoms with van der Waals surface area (Å²) in [4.78, 5) is 1.43. The van der Waals surface area contributed by atoms with E-state index in [1.807, 2.05) is 0 Å². The van der Waals surface area contributed by atoms with Gasteiger partial charge in [-0.05, 0) is 44.4 Å². The molecule has 0 spiro atoms. The molecule has 1 aliphatic carbocycles. The Hall–Kier alpha value is -0.160. The molecule has 1 aliphatic heterocycles. The first-order chi connectivity index (χ1) is 10.8. The Kier molecular flexibility index (Phi) is 7.33. The maximum Gasteiger partial charge on any atom is 0.126 e. The molecule has 0 aromatic carbocycles. The van der Waals surface area contributed by atoms with E-state index in [2.05, 4.69) is 34.6 Å². The van der Waals surface area contributed by atoms with Gasteiger partial charge in [-0.15, -0.1) is 0 Å².